The highest BCUT2D eigenvalue weighted by Gasteiger charge is 2.25. The third-order valence-electron chi connectivity index (χ3n) is 2.70. The van der Waals surface area contributed by atoms with E-state index in [9.17, 15) is 4.79 Å². The highest BCUT2D eigenvalue weighted by molar-refractivity contribution is 9.10. The molecular weight excluding hydrogens is 305 g/mol. The van der Waals surface area contributed by atoms with Gasteiger partial charge in [-0.05, 0) is 17.7 Å². The van der Waals surface area contributed by atoms with Crippen molar-refractivity contribution in [1.82, 2.24) is 4.90 Å². The van der Waals surface area contributed by atoms with Gasteiger partial charge >= 0.3 is 0 Å². The largest absolute Gasteiger partial charge is 0.378 e. The fraction of sp³-hybridized carbons (Fsp3) is 0.417. The van der Waals surface area contributed by atoms with E-state index >= 15 is 0 Å². The highest BCUT2D eigenvalue weighted by atomic mass is 79.9. The molecule has 1 atom stereocenters. The molecule has 0 radical (unpaired) electrons. The summed E-state index contributed by atoms with van der Waals surface area (Å²) in [6.45, 7) is 2.43. The summed E-state index contributed by atoms with van der Waals surface area (Å²) in [5.74, 6) is -0.0442. The van der Waals surface area contributed by atoms with Gasteiger partial charge in [0.05, 0.1) is 13.2 Å². The molecular formula is C12H13BrClNO2. The van der Waals surface area contributed by atoms with E-state index in [0.29, 0.717) is 26.3 Å². The van der Waals surface area contributed by atoms with Crippen LogP contribution in [0.25, 0.3) is 0 Å². The molecule has 1 aromatic rings. The van der Waals surface area contributed by atoms with Crippen LogP contribution in [0.3, 0.4) is 0 Å². The zero-order chi connectivity index (χ0) is 12.3. The van der Waals surface area contributed by atoms with Crippen molar-refractivity contribution in [2.75, 3.05) is 26.3 Å². The quantitative estimate of drug-likeness (QED) is 0.785. The Morgan fingerprint density at radius 2 is 1.88 bits per heavy atom. The van der Waals surface area contributed by atoms with E-state index in [0.717, 1.165) is 10.0 Å². The minimum atomic E-state index is -0.610. The molecule has 0 saturated carbocycles. The predicted octanol–water partition coefficient (Wildman–Crippen LogP) is 2.59. The van der Waals surface area contributed by atoms with Crippen LogP contribution in [0.5, 0.6) is 0 Å². The minimum Gasteiger partial charge on any atom is -0.378 e. The fourth-order valence-corrected chi connectivity index (χ4v) is 2.27. The molecule has 1 aromatic carbocycles. The number of halogens is 2. The molecule has 0 spiro atoms. The molecule has 17 heavy (non-hydrogen) atoms. The van der Waals surface area contributed by atoms with E-state index in [4.69, 9.17) is 16.3 Å². The van der Waals surface area contributed by atoms with Gasteiger partial charge in [0.15, 0.2) is 0 Å². The van der Waals surface area contributed by atoms with Crippen molar-refractivity contribution < 1.29 is 9.53 Å². The zero-order valence-electron chi connectivity index (χ0n) is 9.23. The van der Waals surface area contributed by atoms with E-state index in [-0.39, 0.29) is 5.91 Å². The van der Waals surface area contributed by atoms with E-state index in [2.05, 4.69) is 15.9 Å². The number of rotatable bonds is 2. The molecule has 92 valence electrons. The topological polar surface area (TPSA) is 29.5 Å². The van der Waals surface area contributed by atoms with Crippen LogP contribution in [-0.2, 0) is 9.53 Å². The molecule has 0 aromatic heterocycles. The van der Waals surface area contributed by atoms with Crippen molar-refractivity contribution in [3.8, 4) is 0 Å². The maximum atomic E-state index is 12.1. The number of hydrogen-bond donors (Lipinski definition) is 0. The Bertz CT molecular complexity index is 390. The average molecular weight is 319 g/mol. The summed E-state index contributed by atoms with van der Waals surface area (Å²) in [4.78, 5) is 13.9. The lowest BCUT2D eigenvalue weighted by molar-refractivity contribution is -0.134. The summed E-state index contributed by atoms with van der Waals surface area (Å²) in [6.07, 6.45) is 0. The van der Waals surface area contributed by atoms with Gasteiger partial charge < -0.3 is 9.64 Å². The monoisotopic (exact) mass is 317 g/mol. The molecule has 3 nitrogen and oxygen atoms in total. The minimum absolute atomic E-state index is 0.0442. The third-order valence-corrected chi connectivity index (χ3v) is 3.67. The Labute approximate surface area is 114 Å². The number of morpholine rings is 1. The zero-order valence-corrected chi connectivity index (χ0v) is 11.6. The van der Waals surface area contributed by atoms with Crippen molar-refractivity contribution in [2.45, 2.75) is 5.38 Å². The lowest BCUT2D eigenvalue weighted by Crippen LogP contribution is -2.42. The van der Waals surface area contributed by atoms with Gasteiger partial charge in [0.1, 0.15) is 5.38 Å². The molecule has 1 fully saturated rings. The molecule has 5 heteroatoms. The van der Waals surface area contributed by atoms with Gasteiger partial charge in [-0.1, -0.05) is 28.1 Å². The normalized spacial score (nSPS) is 17.9. The maximum Gasteiger partial charge on any atom is 0.245 e. The lowest BCUT2D eigenvalue weighted by atomic mass is 10.1. The van der Waals surface area contributed by atoms with Crippen molar-refractivity contribution in [3.63, 3.8) is 0 Å². The number of amides is 1. The second kappa shape index (κ2) is 5.85. The first-order valence-electron chi connectivity index (χ1n) is 5.44. The van der Waals surface area contributed by atoms with Crippen LogP contribution in [0.2, 0.25) is 0 Å². The number of nitrogens with zero attached hydrogens (tertiary/aromatic N) is 1. The summed E-state index contributed by atoms with van der Waals surface area (Å²) >= 11 is 9.55. The molecule has 1 amide bonds. The van der Waals surface area contributed by atoms with Gasteiger partial charge in [-0.2, -0.15) is 0 Å². The van der Waals surface area contributed by atoms with Gasteiger partial charge in [-0.15, -0.1) is 11.6 Å². The highest BCUT2D eigenvalue weighted by Crippen LogP contribution is 2.24. The Balaban J connectivity index is 2.05. The van der Waals surface area contributed by atoms with Gasteiger partial charge in [-0.3, -0.25) is 4.79 Å². The second-order valence-electron chi connectivity index (χ2n) is 3.85. The summed E-state index contributed by atoms with van der Waals surface area (Å²) in [7, 11) is 0. The first-order valence-corrected chi connectivity index (χ1v) is 6.67. The van der Waals surface area contributed by atoms with Crippen molar-refractivity contribution in [3.05, 3.63) is 34.3 Å². The molecule has 1 aliphatic heterocycles. The van der Waals surface area contributed by atoms with E-state index in [1.54, 1.807) is 4.90 Å². The van der Waals surface area contributed by atoms with Crippen molar-refractivity contribution in [2.24, 2.45) is 0 Å². The smallest absolute Gasteiger partial charge is 0.245 e. The van der Waals surface area contributed by atoms with Crippen LogP contribution in [0.4, 0.5) is 0 Å². The Morgan fingerprint density at radius 1 is 1.29 bits per heavy atom. The van der Waals surface area contributed by atoms with Crippen molar-refractivity contribution in [1.29, 1.82) is 0 Å². The molecule has 1 aliphatic rings. The fourth-order valence-electron chi connectivity index (χ4n) is 1.72. The average Bonchev–Trinajstić information content (AvgIpc) is 2.39. The summed E-state index contributed by atoms with van der Waals surface area (Å²) in [5.41, 5.74) is 0.825. The van der Waals surface area contributed by atoms with Gasteiger partial charge in [-0.25, -0.2) is 0 Å². The van der Waals surface area contributed by atoms with E-state index in [1.807, 2.05) is 24.3 Å². The van der Waals surface area contributed by atoms with Crippen LogP contribution >= 0.6 is 27.5 Å². The third kappa shape index (κ3) is 3.21. The van der Waals surface area contributed by atoms with Crippen molar-refractivity contribution >= 4 is 33.4 Å². The Morgan fingerprint density at radius 3 is 2.47 bits per heavy atom. The van der Waals surface area contributed by atoms with Gasteiger partial charge in [0, 0.05) is 17.6 Å². The van der Waals surface area contributed by atoms with Gasteiger partial charge in [0.2, 0.25) is 5.91 Å². The number of carbonyl (C=O) groups excluding carboxylic acids is 1. The summed E-state index contributed by atoms with van der Waals surface area (Å²) in [6, 6.07) is 7.49. The lowest BCUT2D eigenvalue weighted by Gasteiger charge is -2.28. The molecule has 2 rings (SSSR count). The Kier molecular flexibility index (Phi) is 4.42. The number of alkyl halides is 1. The molecule has 0 aliphatic carbocycles. The number of hydrogen-bond acceptors (Lipinski definition) is 2. The summed E-state index contributed by atoms with van der Waals surface area (Å²) in [5, 5.41) is -0.610. The molecule has 0 N–H and O–H groups in total. The first-order chi connectivity index (χ1) is 8.18. The number of benzene rings is 1. The van der Waals surface area contributed by atoms with Gasteiger partial charge in [0.25, 0.3) is 0 Å². The maximum absolute atomic E-state index is 12.1. The van der Waals surface area contributed by atoms with Crippen LogP contribution in [0.1, 0.15) is 10.9 Å². The molecule has 0 unspecified atom stereocenters. The van der Waals surface area contributed by atoms with E-state index in [1.165, 1.54) is 0 Å². The van der Waals surface area contributed by atoms with Crippen LogP contribution < -0.4 is 0 Å². The standard InChI is InChI=1S/C12H13BrClNO2/c13-10-3-1-9(2-4-10)11(14)12(16)15-5-7-17-8-6-15/h1-4,11H,5-8H2/t11-/m0/s1. The number of ether oxygens (including phenoxy) is 1. The predicted molar refractivity (Wildman–Crippen MR) is 70.1 cm³/mol. The van der Waals surface area contributed by atoms with Crippen LogP contribution in [-0.4, -0.2) is 37.1 Å². The first kappa shape index (κ1) is 12.9. The number of carbonyl (C=O) groups is 1. The second-order valence-corrected chi connectivity index (χ2v) is 5.20. The van der Waals surface area contributed by atoms with Crippen LogP contribution in [0, 0.1) is 0 Å². The summed E-state index contributed by atoms with van der Waals surface area (Å²) < 4.78 is 6.18. The van der Waals surface area contributed by atoms with Crippen LogP contribution in [0.15, 0.2) is 28.7 Å². The Hall–Kier alpha value is -0.580. The molecule has 1 saturated heterocycles. The van der Waals surface area contributed by atoms with E-state index < -0.39 is 5.38 Å². The molecule has 0 bridgehead atoms. The molecule has 1 heterocycles. The SMILES string of the molecule is O=C([C@@H](Cl)c1ccc(Br)cc1)N1CCOCC1.